The molecule has 0 unspecified atom stereocenters. The molecule has 2 saturated heterocycles. The van der Waals surface area contributed by atoms with Gasteiger partial charge >= 0.3 is 5.97 Å². The first-order valence-corrected chi connectivity index (χ1v) is 16.5. The Morgan fingerprint density at radius 3 is 2.57 bits per heavy atom. The molecule has 16 heteroatoms. The number of ether oxygens (including phenoxy) is 1. The number of aromatic nitrogens is 1. The van der Waals surface area contributed by atoms with Gasteiger partial charge in [0.15, 0.2) is 10.8 Å². The number of thiazole rings is 1. The van der Waals surface area contributed by atoms with Crippen LogP contribution < -0.4 is 15.8 Å². The van der Waals surface area contributed by atoms with Gasteiger partial charge in [0.25, 0.3) is 23.6 Å². The fourth-order valence-electron chi connectivity index (χ4n) is 5.73. The van der Waals surface area contributed by atoms with Gasteiger partial charge in [0.1, 0.15) is 34.7 Å². The van der Waals surface area contributed by atoms with Crippen molar-refractivity contribution in [2.24, 2.45) is 5.16 Å². The highest BCUT2D eigenvalue weighted by Gasteiger charge is 2.54. The Hall–Kier alpha value is -4.70. The van der Waals surface area contributed by atoms with Crippen molar-refractivity contribution in [3.05, 3.63) is 63.8 Å². The number of amides is 4. The number of nitrogens with two attached hydrogens (primary N) is 1. The number of fused-ring (bicyclic) bond motifs is 1. The molecule has 1 saturated carbocycles. The maximum Gasteiger partial charge on any atom is 0.352 e. The second-order valence-corrected chi connectivity index (χ2v) is 13.0. The van der Waals surface area contributed by atoms with E-state index in [2.05, 4.69) is 15.5 Å². The number of nitrogens with zero attached hydrogens (tertiary/aromatic N) is 4. The van der Waals surface area contributed by atoms with Crippen molar-refractivity contribution in [2.45, 2.75) is 49.6 Å². The van der Waals surface area contributed by atoms with Crippen LogP contribution in [-0.2, 0) is 24.0 Å². The maximum absolute atomic E-state index is 13.4. The number of carbonyl (C=O) groups excluding carboxylic acids is 4. The lowest BCUT2D eigenvalue weighted by Crippen LogP contribution is -2.71. The minimum absolute atomic E-state index is 0.122. The van der Waals surface area contributed by atoms with Gasteiger partial charge in [0, 0.05) is 28.8 Å². The Balaban J connectivity index is 1.18. The standard InChI is InChI=1S/C30H30N6O8S2/c1-43-18-8-6-15(7-9-18)25(38)35-11-10-16(26(35)39)12-17-13-45-28-22(27(40)36(28)23(17)29(41)42)33-24(37)21(20-14-46-30(31)32-20)34-44-19-4-2-3-5-19/h6-9,12,14,19,22,28H,2-5,10-11,13H2,1H3,(H2,31,32)(H,33,37)(H,41,42)/b16-12?,34-21-/t22-,28-/m1/s1. The summed E-state index contributed by atoms with van der Waals surface area (Å²) < 4.78 is 5.12. The van der Waals surface area contributed by atoms with E-state index in [0.29, 0.717) is 11.3 Å². The number of β-lactam (4-membered cyclic amide) rings is 1. The number of carboxylic acids is 1. The van der Waals surface area contributed by atoms with Crippen LogP contribution in [0.3, 0.4) is 0 Å². The molecule has 1 aliphatic carbocycles. The number of likely N-dealkylation sites (tertiary alicyclic amines) is 1. The molecule has 0 spiro atoms. The number of benzene rings is 1. The van der Waals surface area contributed by atoms with Crippen LogP contribution in [0.25, 0.3) is 0 Å². The second kappa shape index (κ2) is 13.0. The molecule has 4 heterocycles. The molecule has 14 nitrogen and oxygen atoms in total. The van der Waals surface area contributed by atoms with Crippen LogP contribution in [0, 0.1) is 0 Å². The van der Waals surface area contributed by atoms with Crippen LogP contribution in [0.5, 0.6) is 5.75 Å². The van der Waals surface area contributed by atoms with E-state index in [-0.39, 0.29) is 58.2 Å². The van der Waals surface area contributed by atoms with Crippen molar-refractivity contribution in [2.75, 3.05) is 25.1 Å². The number of methoxy groups -OCH3 is 1. The summed E-state index contributed by atoms with van der Waals surface area (Å²) in [4.78, 5) is 77.2. The summed E-state index contributed by atoms with van der Waals surface area (Å²) in [6.45, 7) is 0.136. The maximum atomic E-state index is 13.4. The first-order valence-electron chi connectivity index (χ1n) is 14.5. The molecule has 1 aromatic heterocycles. The third-order valence-electron chi connectivity index (χ3n) is 8.12. The number of anilines is 1. The molecule has 240 valence electrons. The molecule has 3 fully saturated rings. The van der Waals surface area contributed by atoms with Crippen molar-refractivity contribution in [3.8, 4) is 5.75 Å². The topological polar surface area (TPSA) is 194 Å². The number of imide groups is 1. The highest BCUT2D eigenvalue weighted by atomic mass is 32.2. The number of hydrogen-bond donors (Lipinski definition) is 3. The molecule has 0 bridgehead atoms. The zero-order valence-corrected chi connectivity index (χ0v) is 26.3. The molecule has 6 rings (SSSR count). The van der Waals surface area contributed by atoms with Gasteiger partial charge in [-0.3, -0.25) is 29.0 Å². The number of carbonyl (C=O) groups is 5. The van der Waals surface area contributed by atoms with Gasteiger partial charge in [-0.1, -0.05) is 5.16 Å². The fraction of sp³-hybridized carbons (Fsp3) is 0.367. The number of nitrogens with one attached hydrogen (secondary N) is 1. The van der Waals surface area contributed by atoms with Gasteiger partial charge < -0.3 is 25.7 Å². The summed E-state index contributed by atoms with van der Waals surface area (Å²) in [6, 6.07) is 5.34. The van der Waals surface area contributed by atoms with Gasteiger partial charge in [-0.05, 0) is 68.0 Å². The fourth-order valence-corrected chi connectivity index (χ4v) is 7.58. The molecule has 4 amide bonds. The first-order chi connectivity index (χ1) is 22.2. The predicted octanol–water partition coefficient (Wildman–Crippen LogP) is 2.13. The Morgan fingerprint density at radius 2 is 1.91 bits per heavy atom. The SMILES string of the molecule is COc1ccc(C(=O)N2CCC(=CC3=C(C(=O)O)N4C(=O)[C@@H](NC(=O)/C(=N\OC5CCCC5)c5csc(N)n5)[C@H]4SC3)C2=O)cc1. The quantitative estimate of drug-likeness (QED) is 0.117. The molecule has 0 radical (unpaired) electrons. The summed E-state index contributed by atoms with van der Waals surface area (Å²) in [6.07, 6.45) is 5.20. The zero-order chi connectivity index (χ0) is 32.5. The lowest BCUT2D eigenvalue weighted by atomic mass is 10.0. The van der Waals surface area contributed by atoms with Crippen LogP contribution in [0.2, 0.25) is 0 Å². The number of nitrogen functional groups attached to an aromatic ring is 1. The molecule has 2 atom stereocenters. The number of allylic oxidation sites excluding steroid dienone is 1. The third-order valence-corrected chi connectivity index (χ3v) is 10.1. The van der Waals surface area contributed by atoms with Crippen molar-refractivity contribution >= 4 is 63.5 Å². The summed E-state index contributed by atoms with van der Waals surface area (Å²) >= 11 is 2.38. The van der Waals surface area contributed by atoms with E-state index in [4.69, 9.17) is 15.3 Å². The lowest BCUT2D eigenvalue weighted by Gasteiger charge is -2.49. The molecule has 46 heavy (non-hydrogen) atoms. The van der Waals surface area contributed by atoms with Crippen LogP contribution in [-0.4, -0.2) is 92.1 Å². The molecule has 2 aromatic rings. The van der Waals surface area contributed by atoms with E-state index in [1.807, 2.05) is 0 Å². The van der Waals surface area contributed by atoms with Crippen LogP contribution in [0.4, 0.5) is 5.13 Å². The van der Waals surface area contributed by atoms with Gasteiger partial charge in [0.05, 0.1) is 7.11 Å². The highest BCUT2D eigenvalue weighted by molar-refractivity contribution is 8.00. The average molecular weight is 667 g/mol. The highest BCUT2D eigenvalue weighted by Crippen LogP contribution is 2.41. The Morgan fingerprint density at radius 1 is 1.17 bits per heavy atom. The number of hydrogen-bond acceptors (Lipinski definition) is 12. The average Bonchev–Trinajstić information content (AvgIpc) is 3.82. The minimum atomic E-state index is -1.35. The first kappa shape index (κ1) is 31.3. The number of thioether (sulfide) groups is 1. The molecule has 3 aliphatic heterocycles. The van der Waals surface area contributed by atoms with Gasteiger partial charge in [-0.15, -0.1) is 23.1 Å². The Bertz CT molecular complexity index is 1690. The lowest BCUT2D eigenvalue weighted by molar-refractivity contribution is -0.150. The Kier molecular flexibility index (Phi) is 8.82. The van der Waals surface area contributed by atoms with Gasteiger partial charge in [0.2, 0.25) is 0 Å². The summed E-state index contributed by atoms with van der Waals surface area (Å²) in [7, 11) is 1.51. The second-order valence-electron chi connectivity index (χ2n) is 11.0. The van der Waals surface area contributed by atoms with Crippen molar-refractivity contribution in [1.82, 2.24) is 20.1 Å². The van der Waals surface area contributed by atoms with E-state index in [1.165, 1.54) is 24.9 Å². The van der Waals surface area contributed by atoms with E-state index >= 15 is 0 Å². The zero-order valence-electron chi connectivity index (χ0n) is 24.6. The number of oxime groups is 1. The van der Waals surface area contributed by atoms with Gasteiger partial charge in [-0.2, -0.15) is 0 Å². The molecule has 4 aliphatic rings. The normalized spacial score (nSPS) is 22.6. The smallest absolute Gasteiger partial charge is 0.352 e. The summed E-state index contributed by atoms with van der Waals surface area (Å²) in [5, 5.41) is 18.0. The molecular formula is C30H30N6O8S2. The van der Waals surface area contributed by atoms with E-state index in [1.54, 1.807) is 29.6 Å². The van der Waals surface area contributed by atoms with Crippen LogP contribution >= 0.6 is 23.1 Å². The number of aliphatic carboxylic acids is 1. The van der Waals surface area contributed by atoms with E-state index < -0.39 is 41.0 Å². The largest absolute Gasteiger partial charge is 0.497 e. The third kappa shape index (κ3) is 5.97. The minimum Gasteiger partial charge on any atom is -0.497 e. The van der Waals surface area contributed by atoms with Crippen LogP contribution in [0.15, 0.2) is 57.7 Å². The van der Waals surface area contributed by atoms with Gasteiger partial charge in [-0.25, -0.2) is 9.78 Å². The molecule has 1 aromatic carbocycles. The summed E-state index contributed by atoms with van der Waals surface area (Å²) in [5.41, 5.74) is 6.42. The van der Waals surface area contributed by atoms with Crippen molar-refractivity contribution in [3.63, 3.8) is 0 Å². The number of rotatable bonds is 9. The van der Waals surface area contributed by atoms with E-state index in [9.17, 15) is 29.1 Å². The monoisotopic (exact) mass is 666 g/mol. The number of carboxylic acid groups (broad SMARTS) is 1. The Labute approximate surface area is 271 Å². The van der Waals surface area contributed by atoms with Crippen molar-refractivity contribution < 1.29 is 38.7 Å². The summed E-state index contributed by atoms with van der Waals surface area (Å²) in [5.74, 6) is -2.96. The molecule has 4 N–H and O–H groups in total. The predicted molar refractivity (Wildman–Crippen MR) is 168 cm³/mol. The molecular weight excluding hydrogens is 636 g/mol. The van der Waals surface area contributed by atoms with Crippen molar-refractivity contribution in [1.29, 1.82) is 0 Å². The van der Waals surface area contributed by atoms with Crippen LogP contribution in [0.1, 0.15) is 48.2 Å². The van der Waals surface area contributed by atoms with E-state index in [0.717, 1.165) is 46.8 Å².